The van der Waals surface area contributed by atoms with E-state index >= 15 is 0 Å². The number of hydrogen-bond donors (Lipinski definition) is 0. The maximum atomic E-state index is 8.00. The van der Waals surface area contributed by atoms with Crippen LogP contribution in [0, 0.1) is 0 Å². The van der Waals surface area contributed by atoms with Crippen molar-refractivity contribution in [1.82, 2.24) is 0 Å². The first-order chi connectivity index (χ1) is 35.7. The van der Waals surface area contributed by atoms with Gasteiger partial charge in [0.25, 0.3) is 0 Å². The molecule has 16 heteroatoms. The van der Waals surface area contributed by atoms with E-state index in [0.29, 0.717) is 51.7 Å². The van der Waals surface area contributed by atoms with Crippen LogP contribution in [0.3, 0.4) is 0 Å². The first kappa shape index (κ1) is 59.3. The molecule has 0 saturated heterocycles. The molecular formula is C57H51CrO12P3. The van der Waals surface area contributed by atoms with Crippen LogP contribution in [0.5, 0.6) is 51.7 Å². The molecule has 0 N–H and O–H groups in total. The molecule has 0 amide bonds. The van der Waals surface area contributed by atoms with Crippen molar-refractivity contribution in [2.45, 2.75) is 0 Å². The number of carbonyl (C=O) groups is 3. The summed E-state index contributed by atoms with van der Waals surface area (Å²) < 4.78 is 52.6. The predicted molar refractivity (Wildman–Crippen MR) is 286 cm³/mol. The fraction of sp³-hybridized carbons (Fsp3) is 0. The van der Waals surface area contributed by atoms with Crippen molar-refractivity contribution >= 4 is 46.2 Å². The third-order valence-corrected chi connectivity index (χ3v) is 11.5. The molecule has 0 spiro atoms. The topological polar surface area (TPSA) is 134 Å². The quantitative estimate of drug-likeness (QED) is 0.0757. The molecule has 0 radical (unpaired) electrons. The Morgan fingerprint density at radius 2 is 0.260 bits per heavy atom. The average molecular weight is 1070 g/mol. The van der Waals surface area contributed by atoms with E-state index in [1.54, 1.807) is 0 Å². The van der Waals surface area contributed by atoms with Crippen molar-refractivity contribution in [3.63, 3.8) is 0 Å². The zero-order valence-corrected chi connectivity index (χ0v) is 43.2. The monoisotopic (exact) mass is 1070 g/mol. The van der Waals surface area contributed by atoms with Crippen LogP contribution < -0.4 is 40.7 Å². The van der Waals surface area contributed by atoms with Crippen molar-refractivity contribution in [2.75, 3.05) is 0 Å². The van der Waals surface area contributed by atoms with Gasteiger partial charge < -0.3 is 55.1 Å². The van der Waals surface area contributed by atoms with E-state index in [9.17, 15) is 0 Å². The van der Waals surface area contributed by atoms with Crippen LogP contribution in [0.4, 0.5) is 0 Å². The number of benzene rings is 9. The maximum Gasteiger partial charge on any atom is 0.530 e. The molecule has 0 atom stereocenters. The van der Waals surface area contributed by atoms with Gasteiger partial charge in [-0.25, -0.2) is 0 Å². The van der Waals surface area contributed by atoms with E-state index in [2.05, 4.69) is 0 Å². The molecule has 372 valence electrons. The van der Waals surface area contributed by atoms with Gasteiger partial charge in [-0.1, -0.05) is 164 Å². The number of carbonyl (C=O) groups excluding carboxylic acids is 3. The Hall–Kier alpha value is -7.99. The largest absolute Gasteiger partial charge is 0.530 e. The van der Waals surface area contributed by atoms with Gasteiger partial charge in [0, 0.05) is 17.4 Å². The molecule has 0 bridgehead atoms. The minimum atomic E-state index is -1.59. The van der Waals surface area contributed by atoms with Gasteiger partial charge in [-0.3, -0.25) is 0 Å². The molecule has 9 rings (SSSR count). The van der Waals surface area contributed by atoms with Crippen LogP contribution in [-0.4, -0.2) is 20.4 Å². The Bertz CT molecular complexity index is 2090. The smallest absolute Gasteiger partial charge is 0.409 e. The van der Waals surface area contributed by atoms with Gasteiger partial charge in [0.2, 0.25) is 0 Å². The van der Waals surface area contributed by atoms with E-state index in [1.165, 1.54) is 0 Å². The normalized spacial score (nSPS) is 9.41. The zero-order valence-electron chi connectivity index (χ0n) is 39.3. The zero-order chi connectivity index (χ0) is 51.1. The van der Waals surface area contributed by atoms with E-state index in [-0.39, 0.29) is 17.4 Å². The number of para-hydroxylation sites is 9. The number of hydrogen-bond acceptors (Lipinski definition) is 12. The Morgan fingerprint density at radius 1 is 0.178 bits per heavy atom. The van der Waals surface area contributed by atoms with Crippen LogP contribution in [-0.2, 0) is 31.7 Å². The van der Waals surface area contributed by atoms with Gasteiger partial charge in [0.1, 0.15) is 72.1 Å². The molecule has 9 aromatic rings. The first-order valence-electron chi connectivity index (χ1n) is 21.5. The first-order valence-corrected chi connectivity index (χ1v) is 24.8. The fourth-order valence-corrected chi connectivity index (χ4v) is 8.25. The Labute approximate surface area is 441 Å². The minimum Gasteiger partial charge on any atom is -0.409 e. The van der Waals surface area contributed by atoms with Crippen LogP contribution >= 0.6 is 25.8 Å². The second-order valence-corrected chi connectivity index (χ2v) is 16.3. The molecule has 9 aromatic carbocycles. The standard InChI is InChI=1S/3C18H15O3P.3CH2O.Cr/c3*1-4-10-16(11-5-1)19-22(20-17-12-6-2-7-13-17)21-18-14-8-3-9-15-18;3*1-2;/h3*1-15H;3*1H2;. The van der Waals surface area contributed by atoms with Crippen LogP contribution in [0.15, 0.2) is 273 Å². The van der Waals surface area contributed by atoms with Crippen molar-refractivity contribution < 1.29 is 72.5 Å². The molecule has 0 heterocycles. The Kier molecular flexibility index (Phi) is 30.7. The van der Waals surface area contributed by atoms with Crippen LogP contribution in [0.25, 0.3) is 0 Å². The van der Waals surface area contributed by atoms with Gasteiger partial charge in [0.05, 0.1) is 0 Å². The van der Waals surface area contributed by atoms with Crippen molar-refractivity contribution in [2.24, 2.45) is 0 Å². The third kappa shape index (κ3) is 24.6. The summed E-state index contributed by atoms with van der Waals surface area (Å²) in [5.74, 6) is 6.38. The van der Waals surface area contributed by atoms with Crippen LogP contribution in [0.2, 0.25) is 0 Å². The Balaban J connectivity index is 0.000000273. The second kappa shape index (κ2) is 37.8. The SMILES string of the molecule is C=O.C=O.C=O.[Cr].c1ccc(OP(Oc2ccccc2)Oc2ccccc2)cc1.c1ccc(OP(Oc2ccccc2)Oc2ccccc2)cc1.c1ccc(OP(Oc2ccccc2)Oc2ccccc2)cc1. The summed E-state index contributed by atoms with van der Waals surface area (Å²) in [5, 5.41) is 0. The van der Waals surface area contributed by atoms with Crippen molar-refractivity contribution in [3.8, 4) is 51.7 Å². The maximum absolute atomic E-state index is 8.00. The minimum absolute atomic E-state index is 0. The number of rotatable bonds is 18. The van der Waals surface area contributed by atoms with E-state index < -0.39 is 25.8 Å². The second-order valence-electron chi connectivity index (χ2n) is 13.3. The van der Waals surface area contributed by atoms with Gasteiger partial charge in [-0.2, -0.15) is 0 Å². The molecule has 0 unspecified atom stereocenters. The molecular weight excluding hydrogens is 1020 g/mol. The third-order valence-electron chi connectivity index (χ3n) is 8.31. The molecule has 0 aliphatic heterocycles. The summed E-state index contributed by atoms with van der Waals surface area (Å²) >= 11 is 0. The molecule has 0 aromatic heterocycles. The van der Waals surface area contributed by atoms with Gasteiger partial charge in [-0.05, 0) is 109 Å². The molecule has 0 aliphatic carbocycles. The summed E-state index contributed by atoms with van der Waals surface area (Å²) in [7, 11) is -4.77. The summed E-state index contributed by atoms with van der Waals surface area (Å²) in [6.07, 6.45) is 0. The van der Waals surface area contributed by atoms with Gasteiger partial charge >= 0.3 is 25.8 Å². The van der Waals surface area contributed by atoms with E-state index in [4.69, 9.17) is 55.1 Å². The van der Waals surface area contributed by atoms with Crippen molar-refractivity contribution in [1.29, 1.82) is 0 Å². The van der Waals surface area contributed by atoms with E-state index in [1.807, 2.05) is 293 Å². The fourth-order valence-electron chi connectivity index (χ4n) is 5.27. The van der Waals surface area contributed by atoms with E-state index in [0.717, 1.165) is 0 Å². The molecule has 12 nitrogen and oxygen atoms in total. The molecule has 0 saturated carbocycles. The van der Waals surface area contributed by atoms with Crippen molar-refractivity contribution in [3.05, 3.63) is 273 Å². The van der Waals surface area contributed by atoms with Gasteiger partial charge in [0.15, 0.2) is 0 Å². The summed E-state index contributed by atoms with van der Waals surface area (Å²) in [4.78, 5) is 24.0. The molecule has 0 aliphatic rings. The summed E-state index contributed by atoms with van der Waals surface area (Å²) in [6, 6.07) is 85.5. The molecule has 73 heavy (non-hydrogen) atoms. The average Bonchev–Trinajstić information content (AvgIpc) is 3.45. The summed E-state index contributed by atoms with van der Waals surface area (Å²) in [6.45, 7) is 6.00. The summed E-state index contributed by atoms with van der Waals surface area (Å²) in [5.41, 5.74) is 0. The Morgan fingerprint density at radius 3 is 0.342 bits per heavy atom. The predicted octanol–water partition coefficient (Wildman–Crippen LogP) is 15.8. The van der Waals surface area contributed by atoms with Gasteiger partial charge in [-0.15, -0.1) is 0 Å². The van der Waals surface area contributed by atoms with Crippen LogP contribution in [0.1, 0.15) is 0 Å². The molecule has 0 fully saturated rings.